The molecule has 0 N–H and O–H groups in total. The highest BCUT2D eigenvalue weighted by molar-refractivity contribution is 5.21. The zero-order chi connectivity index (χ0) is 16.3. The fraction of sp³-hybridized carbons (Fsp3) is 0.818. The van der Waals surface area contributed by atoms with Crippen LogP contribution < -0.4 is 0 Å². The van der Waals surface area contributed by atoms with Crippen LogP contribution in [0.5, 0.6) is 0 Å². The van der Waals surface area contributed by atoms with E-state index < -0.39 is 0 Å². The van der Waals surface area contributed by atoms with Gasteiger partial charge in [0, 0.05) is 0 Å². The van der Waals surface area contributed by atoms with Gasteiger partial charge in [0.1, 0.15) is 0 Å². The standard InChI is InChI=1S/C22H36/c1-14-15(2)20(21(5,6)16(14)3)17(4)22(7)13-12-18-10-8-9-11-19(18)22/h8-11,14-20H,12-13H2,1-7H3. The van der Waals surface area contributed by atoms with Gasteiger partial charge in [0.15, 0.2) is 0 Å². The van der Waals surface area contributed by atoms with E-state index in [0.717, 1.165) is 41.4 Å². The van der Waals surface area contributed by atoms with Crippen LogP contribution in [0.1, 0.15) is 61.3 Å². The fourth-order valence-electron chi connectivity index (χ4n) is 6.76. The summed E-state index contributed by atoms with van der Waals surface area (Å²) in [6, 6.07) is 0. The van der Waals surface area contributed by atoms with Crippen LogP contribution in [-0.2, 0) is 0 Å². The van der Waals surface area contributed by atoms with Crippen LogP contribution in [0.25, 0.3) is 0 Å². The highest BCUT2D eigenvalue weighted by Gasteiger charge is 2.57. The molecule has 0 heterocycles. The van der Waals surface area contributed by atoms with E-state index in [-0.39, 0.29) is 0 Å². The summed E-state index contributed by atoms with van der Waals surface area (Å²) >= 11 is 0. The summed E-state index contributed by atoms with van der Waals surface area (Å²) in [4.78, 5) is 0. The zero-order valence-electron chi connectivity index (χ0n) is 15.8. The minimum Gasteiger partial charge on any atom is -0.0808 e. The second kappa shape index (κ2) is 5.25. The van der Waals surface area contributed by atoms with Gasteiger partial charge in [0.05, 0.1) is 0 Å². The van der Waals surface area contributed by atoms with E-state index in [1.165, 1.54) is 12.8 Å². The number of fused-ring (bicyclic) bond motifs is 1. The molecule has 0 bridgehead atoms. The van der Waals surface area contributed by atoms with Gasteiger partial charge in [-0.1, -0.05) is 72.8 Å². The first-order valence-electron chi connectivity index (χ1n) is 9.56. The Kier molecular flexibility index (Phi) is 3.90. The van der Waals surface area contributed by atoms with E-state index in [1.807, 2.05) is 0 Å². The first-order chi connectivity index (χ1) is 10.2. The molecule has 8 atom stereocenters. The second-order valence-corrected chi connectivity index (χ2v) is 9.65. The van der Waals surface area contributed by atoms with Crippen LogP contribution in [0.2, 0.25) is 0 Å². The van der Waals surface area contributed by atoms with Crippen molar-refractivity contribution in [3.63, 3.8) is 0 Å². The number of rotatable bonds is 2. The lowest BCUT2D eigenvalue weighted by Crippen LogP contribution is -2.41. The van der Waals surface area contributed by atoms with Gasteiger partial charge in [-0.15, -0.1) is 0 Å². The maximum absolute atomic E-state index is 2.60. The summed E-state index contributed by atoms with van der Waals surface area (Å²) in [6.45, 7) is 17.8. The van der Waals surface area contributed by atoms with Gasteiger partial charge in [0.25, 0.3) is 0 Å². The summed E-state index contributed by atoms with van der Waals surface area (Å²) in [6.07, 6.45) is 12.3. The van der Waals surface area contributed by atoms with Gasteiger partial charge in [0.2, 0.25) is 0 Å². The Hall–Kier alpha value is -0.520. The molecular weight excluding hydrogens is 264 g/mol. The SMILES string of the molecule is CC1C(C)C(C(C)C2(C)CCC3C=CC=CC32)C(C)(C)C1C. The molecule has 124 valence electrons. The maximum atomic E-state index is 2.60. The van der Waals surface area contributed by atoms with Crippen molar-refractivity contribution in [3.05, 3.63) is 24.3 Å². The van der Waals surface area contributed by atoms with Crippen LogP contribution in [-0.4, -0.2) is 0 Å². The molecule has 3 rings (SSSR count). The van der Waals surface area contributed by atoms with Crippen molar-refractivity contribution in [2.45, 2.75) is 61.3 Å². The Morgan fingerprint density at radius 3 is 2.18 bits per heavy atom. The minimum atomic E-state index is 0.466. The molecule has 8 unspecified atom stereocenters. The number of hydrogen-bond acceptors (Lipinski definition) is 0. The molecule has 0 amide bonds. The van der Waals surface area contributed by atoms with Crippen LogP contribution >= 0.6 is 0 Å². The Balaban J connectivity index is 1.92. The summed E-state index contributed by atoms with van der Waals surface area (Å²) in [5.41, 5.74) is 0.944. The van der Waals surface area contributed by atoms with Crippen molar-refractivity contribution < 1.29 is 0 Å². The molecule has 0 aromatic carbocycles. The van der Waals surface area contributed by atoms with Gasteiger partial charge in [-0.3, -0.25) is 0 Å². The Bertz CT molecular complexity index is 482. The average Bonchev–Trinajstić information content (AvgIpc) is 2.90. The van der Waals surface area contributed by atoms with Gasteiger partial charge in [-0.05, 0) is 65.1 Å². The zero-order valence-corrected chi connectivity index (χ0v) is 15.8. The van der Waals surface area contributed by atoms with Crippen molar-refractivity contribution in [2.75, 3.05) is 0 Å². The largest absolute Gasteiger partial charge is 0.0808 e. The molecule has 0 aromatic heterocycles. The van der Waals surface area contributed by atoms with Crippen LogP contribution in [0.4, 0.5) is 0 Å². The number of allylic oxidation sites excluding steroid dienone is 4. The van der Waals surface area contributed by atoms with Crippen molar-refractivity contribution in [1.29, 1.82) is 0 Å². The third kappa shape index (κ3) is 2.09. The molecule has 0 nitrogen and oxygen atoms in total. The summed E-state index contributed by atoms with van der Waals surface area (Å²) in [5, 5.41) is 0. The molecule has 3 aliphatic rings. The highest BCUT2D eigenvalue weighted by atomic mass is 14.6. The van der Waals surface area contributed by atoms with Gasteiger partial charge in [-0.2, -0.15) is 0 Å². The lowest BCUT2D eigenvalue weighted by molar-refractivity contribution is 0.0231. The first kappa shape index (κ1) is 16.3. The number of hydrogen-bond donors (Lipinski definition) is 0. The molecule has 0 radical (unpaired) electrons. The maximum Gasteiger partial charge on any atom is -0.0111 e. The molecule has 22 heavy (non-hydrogen) atoms. The first-order valence-corrected chi connectivity index (χ1v) is 9.56. The topological polar surface area (TPSA) is 0 Å². The quantitative estimate of drug-likeness (QED) is 0.557. The monoisotopic (exact) mass is 300 g/mol. The molecule has 2 saturated carbocycles. The predicted octanol–water partition coefficient (Wildman–Crippen LogP) is 6.35. The summed E-state index contributed by atoms with van der Waals surface area (Å²) in [7, 11) is 0. The molecule has 0 spiro atoms. The van der Waals surface area contributed by atoms with Crippen molar-refractivity contribution in [1.82, 2.24) is 0 Å². The van der Waals surface area contributed by atoms with Crippen LogP contribution in [0, 0.1) is 52.3 Å². The smallest absolute Gasteiger partial charge is 0.0111 e. The summed E-state index contributed by atoms with van der Waals surface area (Å²) < 4.78 is 0. The van der Waals surface area contributed by atoms with E-state index in [1.54, 1.807) is 0 Å². The Labute approximate surface area is 138 Å². The lowest BCUT2D eigenvalue weighted by atomic mass is 9.57. The molecule has 0 heteroatoms. The van der Waals surface area contributed by atoms with Gasteiger partial charge >= 0.3 is 0 Å². The fourth-order valence-corrected chi connectivity index (χ4v) is 6.76. The van der Waals surface area contributed by atoms with Crippen molar-refractivity contribution in [3.8, 4) is 0 Å². The van der Waals surface area contributed by atoms with E-state index in [2.05, 4.69) is 72.8 Å². The van der Waals surface area contributed by atoms with Gasteiger partial charge in [-0.25, -0.2) is 0 Å². The van der Waals surface area contributed by atoms with Crippen LogP contribution in [0.3, 0.4) is 0 Å². The average molecular weight is 301 g/mol. The molecule has 3 aliphatic carbocycles. The minimum absolute atomic E-state index is 0.466. The van der Waals surface area contributed by atoms with E-state index >= 15 is 0 Å². The van der Waals surface area contributed by atoms with Gasteiger partial charge < -0.3 is 0 Å². The van der Waals surface area contributed by atoms with E-state index in [0.29, 0.717) is 10.8 Å². The molecule has 0 saturated heterocycles. The van der Waals surface area contributed by atoms with Crippen molar-refractivity contribution in [2.24, 2.45) is 52.3 Å². The summed E-state index contributed by atoms with van der Waals surface area (Å²) in [5.74, 6) is 5.74. The van der Waals surface area contributed by atoms with E-state index in [9.17, 15) is 0 Å². The lowest BCUT2D eigenvalue weighted by Gasteiger charge is -2.47. The molecule has 0 aliphatic heterocycles. The molecule has 0 aromatic rings. The second-order valence-electron chi connectivity index (χ2n) is 9.65. The van der Waals surface area contributed by atoms with Crippen molar-refractivity contribution >= 4 is 0 Å². The predicted molar refractivity (Wildman–Crippen MR) is 96.5 cm³/mol. The Morgan fingerprint density at radius 1 is 0.955 bits per heavy atom. The van der Waals surface area contributed by atoms with Crippen LogP contribution in [0.15, 0.2) is 24.3 Å². The highest BCUT2D eigenvalue weighted by Crippen LogP contribution is 2.63. The Morgan fingerprint density at radius 2 is 1.59 bits per heavy atom. The van der Waals surface area contributed by atoms with E-state index in [4.69, 9.17) is 0 Å². The third-order valence-electron chi connectivity index (χ3n) is 8.82. The normalized spacial score (nSPS) is 51.0. The molecule has 2 fully saturated rings. The third-order valence-corrected chi connectivity index (χ3v) is 8.82. The molecular formula is C22H36.